The first-order valence-electron chi connectivity index (χ1n) is 21.1. The molecule has 0 bridgehead atoms. The van der Waals surface area contributed by atoms with Gasteiger partial charge in [0.1, 0.15) is 0 Å². The zero-order valence-corrected chi connectivity index (χ0v) is 33.7. The van der Waals surface area contributed by atoms with Gasteiger partial charge in [-0.2, -0.15) is 0 Å². The van der Waals surface area contributed by atoms with Crippen LogP contribution in [0.25, 0.3) is 111 Å². The summed E-state index contributed by atoms with van der Waals surface area (Å²) in [7, 11) is 0. The van der Waals surface area contributed by atoms with Gasteiger partial charge in [-0.3, -0.25) is 0 Å². The molecule has 0 atom stereocenters. The quantitative estimate of drug-likeness (QED) is 0.161. The Kier molecular flexibility index (Phi) is 8.46. The molecule has 0 spiro atoms. The highest BCUT2D eigenvalue weighted by molar-refractivity contribution is 6.10. The largest absolute Gasteiger partial charge is 0.309 e. The molecule has 0 amide bonds. The van der Waals surface area contributed by atoms with Crippen LogP contribution in [0.15, 0.2) is 231 Å². The molecule has 0 aliphatic rings. The van der Waals surface area contributed by atoms with Crippen LogP contribution in [0, 0.1) is 0 Å². The first-order chi connectivity index (χ1) is 30.7. The lowest BCUT2D eigenvalue weighted by Gasteiger charge is -2.16. The highest BCUT2D eigenvalue weighted by atomic mass is 15.0. The normalized spacial score (nSPS) is 11.5. The highest BCUT2D eigenvalue weighted by Crippen LogP contribution is 2.39. The summed E-state index contributed by atoms with van der Waals surface area (Å²) in [5.41, 5.74) is 16.1. The molecule has 62 heavy (non-hydrogen) atoms. The van der Waals surface area contributed by atoms with Gasteiger partial charge in [-0.05, 0) is 76.9 Å². The van der Waals surface area contributed by atoms with Gasteiger partial charge in [-0.25, -0.2) is 9.97 Å². The van der Waals surface area contributed by atoms with Crippen molar-refractivity contribution < 1.29 is 0 Å². The number of fused-ring (bicyclic) bond motifs is 6. The zero-order chi connectivity index (χ0) is 41.0. The van der Waals surface area contributed by atoms with Crippen LogP contribution in [0.3, 0.4) is 0 Å². The van der Waals surface area contributed by atoms with E-state index in [-0.39, 0.29) is 0 Å². The lowest BCUT2D eigenvalue weighted by molar-refractivity contribution is 1.13. The van der Waals surface area contributed by atoms with Crippen molar-refractivity contribution >= 4 is 43.6 Å². The molecular weight excluding hydrogens is 753 g/mol. The Hall–Kier alpha value is -8.34. The maximum Gasteiger partial charge on any atom is 0.160 e. The number of rotatable bonds is 7. The molecule has 12 rings (SSSR count). The maximum atomic E-state index is 5.38. The fourth-order valence-electron chi connectivity index (χ4n) is 9.21. The third kappa shape index (κ3) is 6.08. The fraction of sp³-hybridized carbons (Fsp3) is 0. The second kappa shape index (κ2) is 14.7. The third-order valence-electron chi connectivity index (χ3n) is 12.1. The van der Waals surface area contributed by atoms with E-state index in [1.807, 2.05) is 18.2 Å². The summed E-state index contributed by atoms with van der Waals surface area (Å²) in [5.74, 6) is 0.677. The maximum absolute atomic E-state index is 5.38. The van der Waals surface area contributed by atoms with Crippen molar-refractivity contribution in [2.24, 2.45) is 0 Å². The van der Waals surface area contributed by atoms with Crippen molar-refractivity contribution in [3.05, 3.63) is 231 Å². The molecule has 0 saturated heterocycles. The monoisotopic (exact) mass is 790 g/mol. The van der Waals surface area contributed by atoms with Gasteiger partial charge in [-0.1, -0.05) is 176 Å². The topological polar surface area (TPSA) is 35.6 Å². The van der Waals surface area contributed by atoms with E-state index in [1.54, 1.807) is 0 Å². The van der Waals surface area contributed by atoms with Crippen LogP contribution in [0.5, 0.6) is 0 Å². The van der Waals surface area contributed by atoms with Crippen LogP contribution in [-0.4, -0.2) is 19.1 Å². The molecule has 0 fully saturated rings. The first-order valence-corrected chi connectivity index (χ1v) is 21.1. The predicted octanol–water partition coefficient (Wildman–Crippen LogP) is 15.0. The molecule has 0 N–H and O–H groups in total. The van der Waals surface area contributed by atoms with Gasteiger partial charge in [0, 0.05) is 49.6 Å². The van der Waals surface area contributed by atoms with Gasteiger partial charge < -0.3 is 9.13 Å². The molecule has 0 aliphatic carbocycles. The summed E-state index contributed by atoms with van der Waals surface area (Å²) >= 11 is 0. The molecule has 9 aromatic carbocycles. The minimum absolute atomic E-state index is 0.677. The Morgan fingerprint density at radius 1 is 0.242 bits per heavy atom. The Morgan fingerprint density at radius 2 is 0.613 bits per heavy atom. The number of nitrogens with zero attached hydrogens (tertiary/aromatic N) is 4. The average molecular weight is 791 g/mol. The van der Waals surface area contributed by atoms with Gasteiger partial charge in [-0.15, -0.1) is 0 Å². The van der Waals surface area contributed by atoms with Crippen LogP contribution in [0.2, 0.25) is 0 Å². The van der Waals surface area contributed by atoms with Gasteiger partial charge in [0.25, 0.3) is 0 Å². The van der Waals surface area contributed by atoms with Crippen LogP contribution >= 0.6 is 0 Å². The smallest absolute Gasteiger partial charge is 0.160 e. The highest BCUT2D eigenvalue weighted by Gasteiger charge is 2.19. The van der Waals surface area contributed by atoms with Gasteiger partial charge >= 0.3 is 0 Å². The Labute approximate surface area is 359 Å². The molecule has 0 unspecified atom stereocenters. The Bertz CT molecular complexity index is 3380. The molecular formula is C58H38N4. The molecule has 290 valence electrons. The Morgan fingerprint density at radius 3 is 1.11 bits per heavy atom. The lowest BCUT2D eigenvalue weighted by Crippen LogP contribution is -2.01. The van der Waals surface area contributed by atoms with E-state index in [0.29, 0.717) is 5.82 Å². The minimum atomic E-state index is 0.677. The van der Waals surface area contributed by atoms with E-state index in [0.717, 1.165) is 72.6 Å². The molecule has 4 heteroatoms. The van der Waals surface area contributed by atoms with Crippen molar-refractivity contribution in [3.63, 3.8) is 0 Å². The van der Waals surface area contributed by atoms with Crippen molar-refractivity contribution in [1.82, 2.24) is 19.1 Å². The first kappa shape index (κ1) is 35.6. The predicted molar refractivity (Wildman–Crippen MR) is 258 cm³/mol. The van der Waals surface area contributed by atoms with Crippen LogP contribution in [-0.2, 0) is 0 Å². The second-order valence-corrected chi connectivity index (χ2v) is 15.8. The SMILES string of the molecule is c1ccc(-c2ccc(-c3cccc(-c4cc(-c5cc(-n6c7ccccc7c7ccccc76)cc(-n6c7ccccc7c7ccccc76)c5)nc(-c5ccccc5)n4)c3)cc2)cc1. The van der Waals surface area contributed by atoms with E-state index in [2.05, 4.69) is 221 Å². The number of aromatic nitrogens is 4. The Balaban J connectivity index is 1.09. The lowest BCUT2D eigenvalue weighted by atomic mass is 9.98. The second-order valence-electron chi connectivity index (χ2n) is 15.8. The van der Waals surface area contributed by atoms with E-state index < -0.39 is 0 Å². The minimum Gasteiger partial charge on any atom is -0.309 e. The molecule has 3 heterocycles. The van der Waals surface area contributed by atoms with Crippen molar-refractivity contribution in [3.8, 4) is 67.5 Å². The van der Waals surface area contributed by atoms with Gasteiger partial charge in [0.2, 0.25) is 0 Å². The summed E-state index contributed by atoms with van der Waals surface area (Å²) in [5, 5.41) is 4.88. The number of hydrogen-bond acceptors (Lipinski definition) is 2. The third-order valence-corrected chi connectivity index (χ3v) is 12.1. The molecule has 0 saturated carbocycles. The molecule has 4 nitrogen and oxygen atoms in total. The van der Waals surface area contributed by atoms with E-state index in [9.17, 15) is 0 Å². The van der Waals surface area contributed by atoms with Crippen LogP contribution in [0.1, 0.15) is 0 Å². The summed E-state index contributed by atoms with van der Waals surface area (Å²) in [6.45, 7) is 0. The van der Waals surface area contributed by atoms with Crippen LogP contribution < -0.4 is 0 Å². The van der Waals surface area contributed by atoms with Crippen molar-refractivity contribution in [2.75, 3.05) is 0 Å². The summed E-state index contributed by atoms with van der Waals surface area (Å²) < 4.78 is 4.80. The van der Waals surface area contributed by atoms with E-state index in [4.69, 9.17) is 9.97 Å². The number of benzene rings is 9. The van der Waals surface area contributed by atoms with E-state index >= 15 is 0 Å². The summed E-state index contributed by atoms with van der Waals surface area (Å²) in [4.78, 5) is 10.7. The summed E-state index contributed by atoms with van der Waals surface area (Å²) in [6.07, 6.45) is 0. The van der Waals surface area contributed by atoms with Crippen molar-refractivity contribution in [2.45, 2.75) is 0 Å². The fourth-order valence-corrected chi connectivity index (χ4v) is 9.21. The molecule has 3 aromatic heterocycles. The van der Waals surface area contributed by atoms with Gasteiger partial charge in [0.15, 0.2) is 5.82 Å². The summed E-state index contributed by atoms with van der Waals surface area (Å²) in [6, 6.07) is 82.2. The standard InChI is InChI=1S/C58H38N4/c1-3-16-39(17-4-1)40-30-32-41(33-31-40)43-20-15-21-44(34-43)52-38-53(60-58(59-52)42-18-5-2-6-19-42)45-35-46(61-54-26-11-7-22-48(54)49-23-8-12-27-55(49)61)37-47(36-45)62-56-28-13-9-24-50(56)51-25-10-14-29-57(51)62/h1-38H. The number of hydrogen-bond donors (Lipinski definition) is 0. The average Bonchev–Trinajstić information content (AvgIpc) is 3.88. The molecule has 0 aliphatic heterocycles. The van der Waals surface area contributed by atoms with Crippen LogP contribution in [0.4, 0.5) is 0 Å². The van der Waals surface area contributed by atoms with Crippen molar-refractivity contribution in [1.29, 1.82) is 0 Å². The van der Waals surface area contributed by atoms with E-state index in [1.165, 1.54) is 32.7 Å². The molecule has 12 aromatic rings. The molecule has 0 radical (unpaired) electrons. The van der Waals surface area contributed by atoms with Gasteiger partial charge in [0.05, 0.1) is 33.5 Å². The zero-order valence-electron chi connectivity index (χ0n) is 33.7. The number of para-hydroxylation sites is 4.